The third kappa shape index (κ3) is 18.1. The Morgan fingerprint density at radius 2 is 1.65 bits per heavy atom. The predicted molar refractivity (Wildman–Crippen MR) is 97.3 cm³/mol. The summed E-state index contributed by atoms with van der Waals surface area (Å²) in [4.78, 5) is 10.3. The van der Waals surface area contributed by atoms with Crippen molar-refractivity contribution in [1.29, 1.82) is 0 Å². The molecule has 0 saturated carbocycles. The zero-order valence-corrected chi connectivity index (χ0v) is 14.1. The summed E-state index contributed by atoms with van der Waals surface area (Å²) in [6, 6.07) is 0. The summed E-state index contributed by atoms with van der Waals surface area (Å²) in [5.41, 5.74) is 0. The Labute approximate surface area is 140 Å². The van der Waals surface area contributed by atoms with Crippen LogP contribution in [-0.4, -0.2) is 22.3 Å². The van der Waals surface area contributed by atoms with Gasteiger partial charge in [-0.2, -0.15) is 0 Å². The Kier molecular flexibility index (Phi) is 15.2. The van der Waals surface area contributed by atoms with Crippen LogP contribution in [0, 0.1) is 0 Å². The van der Waals surface area contributed by atoms with Crippen LogP contribution in [0.15, 0.2) is 60.8 Å². The molecule has 0 aromatic carbocycles. The third-order valence-corrected chi connectivity index (χ3v) is 3.00. The van der Waals surface area contributed by atoms with Gasteiger partial charge in [0.1, 0.15) is 0 Å². The molecular formula is C20H30O3. The van der Waals surface area contributed by atoms with Crippen molar-refractivity contribution in [3.05, 3.63) is 60.8 Å². The summed E-state index contributed by atoms with van der Waals surface area (Å²) in [6.45, 7) is 2.12. The van der Waals surface area contributed by atoms with E-state index in [-0.39, 0.29) is 6.42 Å². The molecule has 128 valence electrons. The fourth-order valence-electron chi connectivity index (χ4n) is 1.77. The molecule has 1 atom stereocenters. The van der Waals surface area contributed by atoms with Gasteiger partial charge in [0.05, 0.1) is 6.10 Å². The van der Waals surface area contributed by atoms with Crippen LogP contribution in [-0.2, 0) is 4.79 Å². The maximum Gasteiger partial charge on any atom is 0.303 e. The summed E-state index contributed by atoms with van der Waals surface area (Å²) in [5, 5.41) is 18.2. The monoisotopic (exact) mass is 318 g/mol. The smallest absolute Gasteiger partial charge is 0.303 e. The Morgan fingerprint density at radius 3 is 2.35 bits per heavy atom. The maximum absolute atomic E-state index is 10.3. The van der Waals surface area contributed by atoms with Crippen LogP contribution in [0.5, 0.6) is 0 Å². The molecule has 3 nitrogen and oxygen atoms in total. The molecule has 0 fully saturated rings. The quantitative estimate of drug-likeness (QED) is 0.286. The van der Waals surface area contributed by atoms with E-state index >= 15 is 0 Å². The Bertz CT molecular complexity index is 428. The lowest BCUT2D eigenvalue weighted by molar-refractivity contribution is -0.137. The highest BCUT2D eigenvalue weighted by Gasteiger charge is 1.95. The first-order valence-electron chi connectivity index (χ1n) is 8.35. The Balaban J connectivity index is 3.68. The molecule has 0 radical (unpaired) electrons. The van der Waals surface area contributed by atoms with Crippen molar-refractivity contribution in [1.82, 2.24) is 0 Å². The zero-order valence-electron chi connectivity index (χ0n) is 14.1. The lowest BCUT2D eigenvalue weighted by atomic mass is 10.2. The minimum atomic E-state index is -0.763. The molecule has 0 saturated heterocycles. The van der Waals surface area contributed by atoms with Crippen molar-refractivity contribution in [3.63, 3.8) is 0 Å². The molecule has 0 aliphatic heterocycles. The van der Waals surface area contributed by atoms with Crippen LogP contribution in [0.25, 0.3) is 0 Å². The SMILES string of the molecule is CC/C=C/C/C=C/C/C=C/C=C/[C@@H](O)C/C=C\CCCC(=O)O. The van der Waals surface area contributed by atoms with Crippen molar-refractivity contribution >= 4 is 5.97 Å². The normalized spacial score (nSPS) is 14.2. The van der Waals surface area contributed by atoms with Gasteiger partial charge in [-0.15, -0.1) is 0 Å². The van der Waals surface area contributed by atoms with Gasteiger partial charge < -0.3 is 10.2 Å². The van der Waals surface area contributed by atoms with E-state index in [1.54, 1.807) is 6.08 Å². The number of aliphatic hydroxyl groups is 1. The molecule has 0 amide bonds. The summed E-state index contributed by atoms with van der Waals surface area (Å²) in [7, 11) is 0. The van der Waals surface area contributed by atoms with E-state index in [0.717, 1.165) is 25.7 Å². The first-order chi connectivity index (χ1) is 11.2. The highest BCUT2D eigenvalue weighted by molar-refractivity contribution is 5.66. The summed E-state index contributed by atoms with van der Waals surface area (Å²) in [5.74, 6) is -0.763. The molecule has 0 rings (SSSR count). The van der Waals surface area contributed by atoms with Crippen LogP contribution in [0.4, 0.5) is 0 Å². The van der Waals surface area contributed by atoms with Crippen molar-refractivity contribution in [2.75, 3.05) is 0 Å². The number of allylic oxidation sites excluding steroid dienone is 8. The minimum Gasteiger partial charge on any atom is -0.481 e. The van der Waals surface area contributed by atoms with Crippen LogP contribution < -0.4 is 0 Å². The fraction of sp³-hybridized carbons (Fsp3) is 0.450. The summed E-state index contributed by atoms with van der Waals surface area (Å²) < 4.78 is 0. The van der Waals surface area contributed by atoms with Gasteiger partial charge in [0.25, 0.3) is 0 Å². The van der Waals surface area contributed by atoms with Crippen LogP contribution in [0.2, 0.25) is 0 Å². The molecule has 3 heteroatoms. The number of hydrogen-bond donors (Lipinski definition) is 2. The Morgan fingerprint density at radius 1 is 0.957 bits per heavy atom. The Hall–Kier alpha value is -1.87. The van der Waals surface area contributed by atoms with Crippen molar-refractivity contribution < 1.29 is 15.0 Å². The highest BCUT2D eigenvalue weighted by atomic mass is 16.4. The third-order valence-electron chi connectivity index (χ3n) is 3.00. The lowest BCUT2D eigenvalue weighted by Crippen LogP contribution is -1.98. The lowest BCUT2D eigenvalue weighted by Gasteiger charge is -1.99. The highest BCUT2D eigenvalue weighted by Crippen LogP contribution is 2.01. The van der Waals surface area contributed by atoms with Gasteiger partial charge in [0.2, 0.25) is 0 Å². The van der Waals surface area contributed by atoms with Gasteiger partial charge in [-0.25, -0.2) is 0 Å². The molecule has 23 heavy (non-hydrogen) atoms. The summed E-state index contributed by atoms with van der Waals surface area (Å²) >= 11 is 0. The largest absolute Gasteiger partial charge is 0.481 e. The number of aliphatic hydroxyl groups excluding tert-OH is 1. The molecule has 0 bridgehead atoms. The fourth-order valence-corrected chi connectivity index (χ4v) is 1.77. The number of carboxylic acids is 1. The molecule has 2 N–H and O–H groups in total. The second-order valence-electron chi connectivity index (χ2n) is 5.20. The second kappa shape index (κ2) is 16.5. The van der Waals surface area contributed by atoms with Crippen molar-refractivity contribution in [2.45, 2.75) is 58.0 Å². The van der Waals surface area contributed by atoms with E-state index in [0.29, 0.717) is 12.8 Å². The second-order valence-corrected chi connectivity index (χ2v) is 5.20. The minimum absolute atomic E-state index is 0.195. The standard InChI is InChI=1S/C20H30O3/c1-2-3-4-5-6-7-8-9-10-13-16-19(21)17-14-11-12-15-18-20(22)23/h3-4,6-7,9-11,13-14,16,19,21H,2,5,8,12,15,17-18H2,1H3,(H,22,23)/b4-3+,7-6+,10-9+,14-11-,16-13+/t19-/m1/s1. The zero-order chi connectivity index (χ0) is 17.2. The van der Waals surface area contributed by atoms with Gasteiger partial charge >= 0.3 is 5.97 Å². The topological polar surface area (TPSA) is 57.5 Å². The van der Waals surface area contributed by atoms with Gasteiger partial charge in [-0.3, -0.25) is 4.79 Å². The van der Waals surface area contributed by atoms with Crippen LogP contribution >= 0.6 is 0 Å². The number of aliphatic carboxylic acids is 1. The van der Waals surface area contributed by atoms with E-state index in [1.807, 2.05) is 30.4 Å². The first kappa shape index (κ1) is 21.1. The molecule has 0 aliphatic carbocycles. The van der Waals surface area contributed by atoms with E-state index in [9.17, 15) is 9.90 Å². The molecule has 0 aliphatic rings. The number of carbonyl (C=O) groups is 1. The van der Waals surface area contributed by atoms with E-state index in [1.165, 1.54) is 0 Å². The molecule has 0 unspecified atom stereocenters. The number of rotatable bonds is 13. The number of carboxylic acid groups (broad SMARTS) is 1. The predicted octanol–water partition coefficient (Wildman–Crippen LogP) is 4.96. The molecule has 0 heterocycles. The van der Waals surface area contributed by atoms with Gasteiger partial charge in [0, 0.05) is 6.42 Å². The van der Waals surface area contributed by atoms with E-state index in [4.69, 9.17) is 5.11 Å². The first-order valence-corrected chi connectivity index (χ1v) is 8.35. The van der Waals surface area contributed by atoms with E-state index in [2.05, 4.69) is 31.2 Å². The van der Waals surface area contributed by atoms with Gasteiger partial charge in [-0.1, -0.05) is 67.7 Å². The average molecular weight is 318 g/mol. The van der Waals surface area contributed by atoms with Crippen molar-refractivity contribution in [2.24, 2.45) is 0 Å². The molecule has 0 aromatic heterocycles. The molecule has 0 aromatic rings. The van der Waals surface area contributed by atoms with Crippen molar-refractivity contribution in [3.8, 4) is 0 Å². The molecule has 0 spiro atoms. The summed E-state index contributed by atoms with van der Waals surface area (Å²) in [6.07, 6.45) is 24.6. The van der Waals surface area contributed by atoms with Crippen LogP contribution in [0.1, 0.15) is 51.9 Å². The van der Waals surface area contributed by atoms with Crippen LogP contribution in [0.3, 0.4) is 0 Å². The van der Waals surface area contributed by atoms with E-state index < -0.39 is 12.1 Å². The number of unbranched alkanes of at least 4 members (excludes halogenated alkanes) is 1. The molecular weight excluding hydrogens is 288 g/mol. The average Bonchev–Trinajstić information content (AvgIpc) is 2.52. The maximum atomic E-state index is 10.3. The van der Waals surface area contributed by atoms with Gasteiger partial charge in [0.15, 0.2) is 0 Å². The van der Waals surface area contributed by atoms with Gasteiger partial charge in [-0.05, 0) is 38.5 Å². The number of hydrogen-bond acceptors (Lipinski definition) is 2.